The van der Waals surface area contributed by atoms with Crippen LogP contribution in [0.15, 0.2) is 0 Å². The van der Waals surface area contributed by atoms with Gasteiger partial charge in [0.25, 0.3) is 0 Å². The van der Waals surface area contributed by atoms with Crippen LogP contribution >= 0.6 is 0 Å². The van der Waals surface area contributed by atoms with Gasteiger partial charge in [-0.25, -0.2) is 0 Å². The first kappa shape index (κ1) is 13.9. The minimum absolute atomic E-state index is 0.0113. The maximum Gasteiger partial charge on any atom is 0.158 e. The largest absolute Gasteiger partial charge is 0.379 e. The van der Waals surface area contributed by atoms with Crippen LogP contribution in [0.1, 0.15) is 53.4 Å². The molecule has 16 heavy (non-hydrogen) atoms. The molecule has 0 N–H and O–H groups in total. The average Bonchev–Trinajstić information content (AvgIpc) is 2.17. The van der Waals surface area contributed by atoms with Crippen molar-refractivity contribution in [3.8, 4) is 0 Å². The summed E-state index contributed by atoms with van der Waals surface area (Å²) in [6.07, 6.45) is 4.59. The van der Waals surface area contributed by atoms with E-state index in [1.165, 1.54) is 6.42 Å². The molecule has 0 aromatic heterocycles. The Morgan fingerprint density at radius 3 is 2.62 bits per heavy atom. The molecule has 1 aliphatic rings. The molecule has 0 aromatic rings. The van der Waals surface area contributed by atoms with E-state index in [4.69, 9.17) is 14.2 Å². The third-order valence-electron chi connectivity index (χ3n) is 2.74. The topological polar surface area (TPSA) is 27.7 Å². The summed E-state index contributed by atoms with van der Waals surface area (Å²) in [7, 11) is 0. The van der Waals surface area contributed by atoms with E-state index in [9.17, 15) is 0 Å². The number of hydrogen-bond donors (Lipinski definition) is 0. The lowest BCUT2D eigenvalue weighted by Gasteiger charge is -2.32. The van der Waals surface area contributed by atoms with E-state index in [1.54, 1.807) is 0 Å². The first-order valence-corrected chi connectivity index (χ1v) is 6.41. The SMILES string of the molecule is CC(C)OCCC(C)(C)OC1CCCCO1. The summed E-state index contributed by atoms with van der Waals surface area (Å²) in [6, 6.07) is 0. The highest BCUT2D eigenvalue weighted by Gasteiger charge is 2.25. The van der Waals surface area contributed by atoms with E-state index in [1.807, 2.05) is 0 Å². The Hall–Kier alpha value is -0.120. The first-order chi connectivity index (χ1) is 7.49. The predicted octanol–water partition coefficient (Wildman–Crippen LogP) is 3.12. The van der Waals surface area contributed by atoms with Crippen molar-refractivity contribution in [3.05, 3.63) is 0 Å². The smallest absolute Gasteiger partial charge is 0.158 e. The molecule has 1 atom stereocenters. The third-order valence-corrected chi connectivity index (χ3v) is 2.74. The summed E-state index contributed by atoms with van der Waals surface area (Å²) in [5.74, 6) is 0. The number of ether oxygens (including phenoxy) is 3. The molecule has 0 bridgehead atoms. The van der Waals surface area contributed by atoms with Crippen molar-refractivity contribution in [2.24, 2.45) is 0 Å². The van der Waals surface area contributed by atoms with Crippen LogP contribution in [0.3, 0.4) is 0 Å². The Morgan fingerprint density at radius 1 is 1.31 bits per heavy atom. The molecular weight excluding hydrogens is 204 g/mol. The molecular formula is C13H26O3. The molecule has 1 rings (SSSR count). The van der Waals surface area contributed by atoms with Crippen LogP contribution in [0.25, 0.3) is 0 Å². The molecule has 1 saturated heterocycles. The van der Waals surface area contributed by atoms with Gasteiger partial charge >= 0.3 is 0 Å². The maximum absolute atomic E-state index is 5.96. The summed E-state index contributed by atoms with van der Waals surface area (Å²) >= 11 is 0. The average molecular weight is 230 g/mol. The zero-order valence-electron chi connectivity index (χ0n) is 11.1. The van der Waals surface area contributed by atoms with Crippen molar-refractivity contribution in [2.45, 2.75) is 71.4 Å². The lowest BCUT2D eigenvalue weighted by Crippen LogP contribution is -2.35. The Kier molecular flexibility index (Phi) is 5.73. The van der Waals surface area contributed by atoms with Crippen LogP contribution < -0.4 is 0 Å². The summed E-state index contributed by atoms with van der Waals surface area (Å²) in [6.45, 7) is 9.90. The van der Waals surface area contributed by atoms with Gasteiger partial charge in [-0.3, -0.25) is 0 Å². The van der Waals surface area contributed by atoms with Crippen LogP contribution in [0, 0.1) is 0 Å². The van der Waals surface area contributed by atoms with Gasteiger partial charge in [0.05, 0.1) is 11.7 Å². The summed E-state index contributed by atoms with van der Waals surface area (Å²) in [4.78, 5) is 0. The van der Waals surface area contributed by atoms with Gasteiger partial charge in [-0.1, -0.05) is 0 Å². The van der Waals surface area contributed by atoms with Crippen LogP contribution in [-0.4, -0.2) is 31.2 Å². The molecule has 0 radical (unpaired) electrons. The highest BCUT2D eigenvalue weighted by atomic mass is 16.7. The predicted molar refractivity (Wildman–Crippen MR) is 64.5 cm³/mol. The fourth-order valence-electron chi connectivity index (χ4n) is 1.76. The molecule has 0 amide bonds. The zero-order valence-corrected chi connectivity index (χ0v) is 11.1. The van der Waals surface area contributed by atoms with Gasteiger partial charge in [0, 0.05) is 13.2 Å². The van der Waals surface area contributed by atoms with Gasteiger partial charge in [-0.05, 0) is 53.4 Å². The van der Waals surface area contributed by atoms with Gasteiger partial charge < -0.3 is 14.2 Å². The second kappa shape index (κ2) is 6.58. The van der Waals surface area contributed by atoms with E-state index in [0.717, 1.165) is 32.5 Å². The number of rotatable bonds is 6. The Labute approximate surface area is 99.5 Å². The molecule has 96 valence electrons. The molecule has 1 fully saturated rings. The van der Waals surface area contributed by atoms with Crippen molar-refractivity contribution < 1.29 is 14.2 Å². The van der Waals surface area contributed by atoms with E-state index in [2.05, 4.69) is 27.7 Å². The van der Waals surface area contributed by atoms with Crippen molar-refractivity contribution >= 4 is 0 Å². The quantitative estimate of drug-likeness (QED) is 0.701. The number of hydrogen-bond acceptors (Lipinski definition) is 3. The van der Waals surface area contributed by atoms with Crippen LogP contribution in [0.4, 0.5) is 0 Å². The van der Waals surface area contributed by atoms with E-state index in [-0.39, 0.29) is 11.9 Å². The monoisotopic (exact) mass is 230 g/mol. The fraction of sp³-hybridized carbons (Fsp3) is 1.00. The fourth-order valence-corrected chi connectivity index (χ4v) is 1.76. The summed E-state index contributed by atoms with van der Waals surface area (Å²) in [5, 5.41) is 0. The Morgan fingerprint density at radius 2 is 2.06 bits per heavy atom. The van der Waals surface area contributed by atoms with Crippen LogP contribution in [-0.2, 0) is 14.2 Å². The minimum Gasteiger partial charge on any atom is -0.379 e. The zero-order chi connectivity index (χ0) is 12.0. The molecule has 1 unspecified atom stereocenters. The van der Waals surface area contributed by atoms with Gasteiger partial charge in [0.1, 0.15) is 0 Å². The van der Waals surface area contributed by atoms with Gasteiger partial charge in [0.2, 0.25) is 0 Å². The van der Waals surface area contributed by atoms with Crippen LogP contribution in [0.2, 0.25) is 0 Å². The highest BCUT2D eigenvalue weighted by molar-refractivity contribution is 4.70. The van der Waals surface area contributed by atoms with Crippen molar-refractivity contribution in [1.29, 1.82) is 0 Å². The lowest BCUT2D eigenvalue weighted by atomic mass is 10.1. The van der Waals surface area contributed by atoms with Crippen LogP contribution in [0.5, 0.6) is 0 Å². The normalized spacial score (nSPS) is 22.7. The Bertz CT molecular complexity index is 184. The van der Waals surface area contributed by atoms with E-state index >= 15 is 0 Å². The van der Waals surface area contributed by atoms with Gasteiger partial charge in [0.15, 0.2) is 6.29 Å². The molecule has 0 aromatic carbocycles. The molecule has 1 aliphatic heterocycles. The second-order valence-corrected chi connectivity index (χ2v) is 5.34. The lowest BCUT2D eigenvalue weighted by molar-refractivity contribution is -0.219. The maximum atomic E-state index is 5.96. The Balaban J connectivity index is 2.21. The van der Waals surface area contributed by atoms with Crippen molar-refractivity contribution in [2.75, 3.05) is 13.2 Å². The molecule has 0 saturated carbocycles. The van der Waals surface area contributed by atoms with Gasteiger partial charge in [-0.15, -0.1) is 0 Å². The van der Waals surface area contributed by atoms with Gasteiger partial charge in [-0.2, -0.15) is 0 Å². The van der Waals surface area contributed by atoms with E-state index < -0.39 is 0 Å². The molecule has 1 heterocycles. The summed E-state index contributed by atoms with van der Waals surface area (Å²) in [5.41, 5.74) is -0.156. The molecule has 3 nitrogen and oxygen atoms in total. The third kappa shape index (κ3) is 5.83. The van der Waals surface area contributed by atoms with Crippen molar-refractivity contribution in [1.82, 2.24) is 0 Å². The summed E-state index contributed by atoms with van der Waals surface area (Å²) < 4.78 is 17.1. The standard InChI is InChI=1S/C13H26O3/c1-11(2)14-10-8-13(3,4)16-12-7-5-6-9-15-12/h11-12H,5-10H2,1-4H3. The minimum atomic E-state index is -0.156. The van der Waals surface area contributed by atoms with E-state index in [0.29, 0.717) is 6.10 Å². The molecule has 0 aliphatic carbocycles. The second-order valence-electron chi connectivity index (χ2n) is 5.34. The first-order valence-electron chi connectivity index (χ1n) is 6.41. The highest BCUT2D eigenvalue weighted by Crippen LogP contribution is 2.23. The molecule has 0 spiro atoms. The molecule has 3 heteroatoms. The van der Waals surface area contributed by atoms with Crippen molar-refractivity contribution in [3.63, 3.8) is 0 Å².